The van der Waals surface area contributed by atoms with Gasteiger partial charge >= 0.3 is 0 Å². The van der Waals surface area contributed by atoms with Gasteiger partial charge in [0.15, 0.2) is 5.58 Å². The molecule has 0 saturated carbocycles. The van der Waals surface area contributed by atoms with Crippen LogP contribution in [0.25, 0.3) is 11.1 Å². The molecule has 1 aliphatic heterocycles. The Hall–Kier alpha value is -0.870. The molecule has 0 N–H and O–H groups in total. The SMILES string of the molecule is Brc1ccnc2cc(C3CCCO3)oc12. The third kappa shape index (κ3) is 1.58. The molecule has 3 rings (SSSR count). The first-order valence-electron chi connectivity index (χ1n) is 5.00. The maximum Gasteiger partial charge on any atom is 0.167 e. The Morgan fingerprint density at radius 3 is 3.13 bits per heavy atom. The normalized spacial score (nSPS) is 21.3. The Kier molecular flexibility index (Phi) is 2.25. The van der Waals surface area contributed by atoms with E-state index in [1.165, 1.54) is 0 Å². The van der Waals surface area contributed by atoms with Crippen molar-refractivity contribution in [1.29, 1.82) is 0 Å². The first-order valence-corrected chi connectivity index (χ1v) is 5.79. The Morgan fingerprint density at radius 1 is 1.47 bits per heavy atom. The molecule has 1 aliphatic rings. The first-order chi connectivity index (χ1) is 7.34. The molecule has 1 atom stereocenters. The lowest BCUT2D eigenvalue weighted by Crippen LogP contribution is -1.92. The number of ether oxygens (including phenoxy) is 1. The van der Waals surface area contributed by atoms with E-state index in [0.29, 0.717) is 0 Å². The fraction of sp³-hybridized carbons (Fsp3) is 0.364. The molecule has 1 saturated heterocycles. The number of pyridine rings is 1. The van der Waals surface area contributed by atoms with Crippen molar-refractivity contribution in [3.05, 3.63) is 28.6 Å². The van der Waals surface area contributed by atoms with Crippen molar-refractivity contribution in [3.8, 4) is 0 Å². The highest BCUT2D eigenvalue weighted by atomic mass is 79.9. The molecule has 3 heterocycles. The van der Waals surface area contributed by atoms with Gasteiger partial charge in [-0.15, -0.1) is 0 Å². The smallest absolute Gasteiger partial charge is 0.167 e. The molecule has 0 aromatic carbocycles. The van der Waals surface area contributed by atoms with Gasteiger partial charge in [0.05, 0.1) is 4.47 Å². The molecule has 1 fully saturated rings. The molecule has 0 radical (unpaired) electrons. The molecule has 2 aromatic rings. The summed E-state index contributed by atoms with van der Waals surface area (Å²) in [5.41, 5.74) is 1.69. The van der Waals surface area contributed by atoms with Crippen LogP contribution in [0, 0.1) is 0 Å². The summed E-state index contributed by atoms with van der Waals surface area (Å²) in [6.07, 6.45) is 4.03. The van der Waals surface area contributed by atoms with Crippen molar-refractivity contribution in [2.45, 2.75) is 18.9 Å². The molecule has 0 bridgehead atoms. The van der Waals surface area contributed by atoms with Crippen LogP contribution in [-0.2, 0) is 4.74 Å². The van der Waals surface area contributed by atoms with Gasteiger partial charge in [0, 0.05) is 18.9 Å². The van der Waals surface area contributed by atoms with E-state index >= 15 is 0 Å². The van der Waals surface area contributed by atoms with Gasteiger partial charge in [0.2, 0.25) is 0 Å². The van der Waals surface area contributed by atoms with Crippen molar-refractivity contribution >= 4 is 27.0 Å². The fourth-order valence-electron chi connectivity index (χ4n) is 1.89. The molecule has 4 heteroatoms. The average Bonchev–Trinajstić information content (AvgIpc) is 2.86. The average molecular weight is 268 g/mol. The topological polar surface area (TPSA) is 35.3 Å². The predicted molar refractivity (Wildman–Crippen MR) is 59.6 cm³/mol. The Balaban J connectivity index is 2.09. The highest BCUT2D eigenvalue weighted by molar-refractivity contribution is 9.10. The number of rotatable bonds is 1. The van der Waals surface area contributed by atoms with Crippen molar-refractivity contribution in [1.82, 2.24) is 4.98 Å². The van der Waals surface area contributed by atoms with E-state index in [2.05, 4.69) is 20.9 Å². The first kappa shape index (κ1) is 9.36. The summed E-state index contributed by atoms with van der Waals surface area (Å²) < 4.78 is 12.3. The van der Waals surface area contributed by atoms with Crippen LogP contribution in [0.3, 0.4) is 0 Å². The van der Waals surface area contributed by atoms with E-state index < -0.39 is 0 Å². The summed E-state index contributed by atoms with van der Waals surface area (Å²) in [7, 11) is 0. The zero-order chi connectivity index (χ0) is 10.3. The number of furan rings is 1. The monoisotopic (exact) mass is 267 g/mol. The molecular formula is C11H10BrNO2. The van der Waals surface area contributed by atoms with Crippen molar-refractivity contribution in [3.63, 3.8) is 0 Å². The Labute approximate surface area is 95.6 Å². The van der Waals surface area contributed by atoms with Gasteiger partial charge in [-0.3, -0.25) is 4.98 Å². The number of halogens is 1. The highest BCUT2D eigenvalue weighted by Gasteiger charge is 2.22. The Bertz CT molecular complexity index is 488. The van der Waals surface area contributed by atoms with Gasteiger partial charge in [-0.2, -0.15) is 0 Å². The summed E-state index contributed by atoms with van der Waals surface area (Å²) in [6, 6.07) is 3.85. The van der Waals surface area contributed by atoms with E-state index in [1.807, 2.05) is 12.1 Å². The van der Waals surface area contributed by atoms with Crippen molar-refractivity contribution in [2.24, 2.45) is 0 Å². The van der Waals surface area contributed by atoms with E-state index in [1.54, 1.807) is 6.20 Å². The van der Waals surface area contributed by atoms with Crippen LogP contribution in [0.15, 0.2) is 27.2 Å². The molecule has 0 amide bonds. The number of fused-ring (bicyclic) bond motifs is 1. The molecule has 78 valence electrons. The van der Waals surface area contributed by atoms with Crippen LogP contribution in [-0.4, -0.2) is 11.6 Å². The van der Waals surface area contributed by atoms with Crippen LogP contribution < -0.4 is 0 Å². The van der Waals surface area contributed by atoms with E-state index in [9.17, 15) is 0 Å². The lowest BCUT2D eigenvalue weighted by atomic mass is 10.2. The second-order valence-electron chi connectivity index (χ2n) is 3.66. The molecule has 2 aromatic heterocycles. The maximum absolute atomic E-state index is 5.75. The van der Waals surface area contributed by atoms with Crippen LogP contribution in [0.5, 0.6) is 0 Å². The van der Waals surface area contributed by atoms with Crippen LogP contribution in [0.4, 0.5) is 0 Å². The minimum atomic E-state index is 0.117. The third-order valence-corrected chi connectivity index (χ3v) is 3.25. The number of hydrogen-bond acceptors (Lipinski definition) is 3. The van der Waals surface area contributed by atoms with E-state index in [-0.39, 0.29) is 6.10 Å². The number of nitrogens with zero attached hydrogens (tertiary/aromatic N) is 1. The fourth-order valence-corrected chi connectivity index (χ4v) is 2.29. The van der Waals surface area contributed by atoms with Gasteiger partial charge < -0.3 is 9.15 Å². The van der Waals surface area contributed by atoms with Crippen molar-refractivity contribution < 1.29 is 9.15 Å². The van der Waals surface area contributed by atoms with Gasteiger partial charge in [-0.1, -0.05) is 0 Å². The van der Waals surface area contributed by atoms with Crippen LogP contribution >= 0.6 is 15.9 Å². The lowest BCUT2D eigenvalue weighted by molar-refractivity contribution is 0.0950. The standard InChI is InChI=1S/C11H10BrNO2/c12-7-3-4-13-8-6-10(15-11(7)8)9-2-1-5-14-9/h3-4,6,9H,1-2,5H2. The summed E-state index contributed by atoms with van der Waals surface area (Å²) in [6.45, 7) is 0.830. The second-order valence-corrected chi connectivity index (χ2v) is 4.51. The quantitative estimate of drug-likeness (QED) is 0.794. The molecule has 0 spiro atoms. The van der Waals surface area contributed by atoms with Crippen molar-refractivity contribution in [2.75, 3.05) is 6.61 Å². The minimum absolute atomic E-state index is 0.117. The van der Waals surface area contributed by atoms with Gasteiger partial charge in [-0.25, -0.2) is 0 Å². The Morgan fingerprint density at radius 2 is 2.40 bits per heavy atom. The highest BCUT2D eigenvalue weighted by Crippen LogP contribution is 2.34. The molecular weight excluding hydrogens is 258 g/mol. The maximum atomic E-state index is 5.75. The summed E-state index contributed by atoms with van der Waals surface area (Å²) in [5.74, 6) is 0.891. The lowest BCUT2D eigenvalue weighted by Gasteiger charge is -2.03. The zero-order valence-electron chi connectivity index (χ0n) is 8.07. The zero-order valence-corrected chi connectivity index (χ0v) is 9.66. The summed E-state index contributed by atoms with van der Waals surface area (Å²) in [5, 5.41) is 0. The van der Waals surface area contributed by atoms with E-state index in [4.69, 9.17) is 9.15 Å². The second kappa shape index (κ2) is 3.61. The summed E-state index contributed by atoms with van der Waals surface area (Å²) in [4.78, 5) is 4.25. The molecule has 15 heavy (non-hydrogen) atoms. The molecule has 0 aliphatic carbocycles. The van der Waals surface area contributed by atoms with E-state index in [0.717, 1.165) is 40.8 Å². The van der Waals surface area contributed by atoms with Gasteiger partial charge in [0.25, 0.3) is 0 Å². The van der Waals surface area contributed by atoms with Gasteiger partial charge in [-0.05, 0) is 34.8 Å². The summed E-state index contributed by atoms with van der Waals surface area (Å²) >= 11 is 3.44. The number of hydrogen-bond donors (Lipinski definition) is 0. The largest absolute Gasteiger partial charge is 0.455 e. The predicted octanol–water partition coefficient (Wildman–Crippen LogP) is 3.44. The number of aromatic nitrogens is 1. The molecule has 1 unspecified atom stereocenters. The molecule has 3 nitrogen and oxygen atoms in total. The van der Waals surface area contributed by atoms with Crippen LogP contribution in [0.2, 0.25) is 0 Å². The third-order valence-electron chi connectivity index (χ3n) is 2.63. The van der Waals surface area contributed by atoms with Crippen LogP contribution in [0.1, 0.15) is 24.7 Å². The van der Waals surface area contributed by atoms with Gasteiger partial charge in [0.1, 0.15) is 17.4 Å². The minimum Gasteiger partial charge on any atom is -0.455 e.